The molecule has 1 saturated heterocycles. The normalized spacial score (nSPS) is 13.8. The minimum Gasteiger partial charge on any atom is -0.465 e. The maximum atomic E-state index is 13.0. The third-order valence-corrected chi connectivity index (χ3v) is 5.97. The fraction of sp³-hybridized carbons (Fsp3) is 0.231. The molecule has 1 aliphatic heterocycles. The molecule has 4 rings (SSSR count). The van der Waals surface area contributed by atoms with Gasteiger partial charge in [0.1, 0.15) is 5.56 Å². The van der Waals surface area contributed by atoms with Crippen molar-refractivity contribution in [1.82, 2.24) is 4.90 Å². The van der Waals surface area contributed by atoms with Crippen molar-refractivity contribution in [1.29, 1.82) is 0 Å². The van der Waals surface area contributed by atoms with E-state index in [0.717, 1.165) is 38.4 Å². The Labute approximate surface area is 203 Å². The lowest BCUT2D eigenvalue weighted by Crippen LogP contribution is -2.46. The van der Waals surface area contributed by atoms with Crippen LogP contribution in [-0.4, -0.2) is 55.0 Å². The van der Waals surface area contributed by atoms with Crippen LogP contribution in [0.25, 0.3) is 0 Å². The molecule has 0 aliphatic carbocycles. The van der Waals surface area contributed by atoms with Gasteiger partial charge in [0.05, 0.1) is 29.0 Å². The molecule has 0 bridgehead atoms. The summed E-state index contributed by atoms with van der Waals surface area (Å²) in [4.78, 5) is 40.4. The third-order valence-electron chi connectivity index (χ3n) is 5.97. The Bertz CT molecular complexity index is 1220. The van der Waals surface area contributed by atoms with Crippen molar-refractivity contribution in [2.75, 3.05) is 43.5 Å². The van der Waals surface area contributed by atoms with Crippen molar-refractivity contribution < 1.29 is 19.2 Å². The highest BCUT2D eigenvalue weighted by molar-refractivity contribution is 6.09. The van der Waals surface area contributed by atoms with E-state index >= 15 is 0 Å². The molecule has 0 spiro atoms. The third kappa shape index (κ3) is 5.64. The first-order chi connectivity index (χ1) is 17.0. The van der Waals surface area contributed by atoms with Gasteiger partial charge < -0.3 is 15.0 Å². The van der Waals surface area contributed by atoms with E-state index in [-0.39, 0.29) is 16.8 Å². The number of nitrogens with zero attached hydrogens (tertiary/aromatic N) is 3. The minimum absolute atomic E-state index is 0.0559. The zero-order valence-electron chi connectivity index (χ0n) is 19.3. The van der Waals surface area contributed by atoms with Gasteiger partial charge in [0.25, 0.3) is 11.6 Å². The summed E-state index contributed by atoms with van der Waals surface area (Å²) < 4.78 is 4.83. The number of methoxy groups -OCH3 is 1. The van der Waals surface area contributed by atoms with Gasteiger partial charge >= 0.3 is 5.97 Å². The molecule has 0 unspecified atom stereocenters. The van der Waals surface area contributed by atoms with Gasteiger partial charge in [-0.2, -0.15) is 0 Å². The summed E-state index contributed by atoms with van der Waals surface area (Å²) in [5, 5.41) is 14.2. The number of ether oxygens (including phenoxy) is 1. The maximum absolute atomic E-state index is 13.0. The molecular weight excluding hydrogens is 448 g/mol. The van der Waals surface area contributed by atoms with E-state index in [1.807, 2.05) is 18.2 Å². The van der Waals surface area contributed by atoms with E-state index < -0.39 is 16.8 Å². The molecule has 3 aromatic carbocycles. The number of hydrogen-bond donors (Lipinski definition) is 1. The number of carbonyl (C=O) groups excluding carboxylic acids is 2. The summed E-state index contributed by atoms with van der Waals surface area (Å²) >= 11 is 0. The van der Waals surface area contributed by atoms with Crippen molar-refractivity contribution >= 4 is 28.9 Å². The van der Waals surface area contributed by atoms with E-state index in [1.165, 1.54) is 30.9 Å². The Morgan fingerprint density at radius 2 is 1.66 bits per heavy atom. The number of esters is 1. The number of benzene rings is 3. The second-order valence-electron chi connectivity index (χ2n) is 8.20. The van der Waals surface area contributed by atoms with Gasteiger partial charge in [0.15, 0.2) is 0 Å². The highest BCUT2D eigenvalue weighted by Gasteiger charge is 2.24. The molecule has 180 valence electrons. The number of rotatable bonds is 7. The molecule has 1 N–H and O–H groups in total. The van der Waals surface area contributed by atoms with Gasteiger partial charge in [-0.05, 0) is 29.8 Å². The van der Waals surface area contributed by atoms with Gasteiger partial charge in [-0.1, -0.05) is 42.5 Å². The van der Waals surface area contributed by atoms with Crippen molar-refractivity contribution in [2.45, 2.75) is 6.54 Å². The van der Waals surface area contributed by atoms with Crippen LogP contribution in [0.15, 0.2) is 72.8 Å². The zero-order valence-corrected chi connectivity index (χ0v) is 19.3. The Morgan fingerprint density at radius 1 is 0.971 bits per heavy atom. The van der Waals surface area contributed by atoms with Gasteiger partial charge in [-0.3, -0.25) is 19.8 Å². The topological polar surface area (TPSA) is 105 Å². The van der Waals surface area contributed by atoms with Gasteiger partial charge in [0, 0.05) is 38.8 Å². The lowest BCUT2D eigenvalue weighted by molar-refractivity contribution is -0.385. The summed E-state index contributed by atoms with van der Waals surface area (Å²) in [6.45, 7) is 3.95. The van der Waals surface area contributed by atoms with Crippen molar-refractivity contribution in [3.63, 3.8) is 0 Å². The number of para-hydroxylation sites is 1. The number of carbonyl (C=O) groups is 2. The van der Waals surface area contributed by atoms with E-state index in [1.54, 1.807) is 24.3 Å². The summed E-state index contributed by atoms with van der Waals surface area (Å²) in [6.07, 6.45) is 0. The Morgan fingerprint density at radius 3 is 2.34 bits per heavy atom. The van der Waals surface area contributed by atoms with Crippen molar-refractivity contribution in [3.05, 3.63) is 99.6 Å². The molecule has 3 aromatic rings. The molecule has 35 heavy (non-hydrogen) atoms. The highest BCUT2D eigenvalue weighted by Crippen LogP contribution is 2.30. The summed E-state index contributed by atoms with van der Waals surface area (Å²) in [5.74, 6) is -1.16. The standard InChI is InChI=1S/C26H26N4O5/c1-35-26(32)20-11-12-24(29-15-13-28(14-16-29)18-19-7-3-2-4-8-19)22(17-20)27-25(31)21-9-5-6-10-23(21)30(33)34/h2-12,17H,13-16,18H2,1H3,(H,27,31). The van der Waals surface area contributed by atoms with Crippen LogP contribution in [0.3, 0.4) is 0 Å². The maximum Gasteiger partial charge on any atom is 0.337 e. The molecular formula is C26H26N4O5. The smallest absolute Gasteiger partial charge is 0.337 e. The molecule has 1 aliphatic rings. The summed E-state index contributed by atoms with van der Waals surface area (Å²) in [5.41, 5.74) is 2.32. The zero-order chi connectivity index (χ0) is 24.8. The van der Waals surface area contributed by atoms with E-state index in [9.17, 15) is 19.7 Å². The van der Waals surface area contributed by atoms with Crippen molar-refractivity contribution in [2.24, 2.45) is 0 Å². The first-order valence-electron chi connectivity index (χ1n) is 11.2. The Kier molecular flexibility index (Phi) is 7.37. The second kappa shape index (κ2) is 10.8. The van der Waals surface area contributed by atoms with Crippen LogP contribution in [-0.2, 0) is 11.3 Å². The summed E-state index contributed by atoms with van der Waals surface area (Å²) in [6, 6.07) is 21.0. The average Bonchev–Trinajstić information content (AvgIpc) is 2.89. The molecule has 1 heterocycles. The van der Waals surface area contributed by atoms with Gasteiger partial charge in [-0.25, -0.2) is 4.79 Å². The van der Waals surface area contributed by atoms with Crippen LogP contribution < -0.4 is 10.2 Å². The number of nitro benzene ring substituents is 1. The first-order valence-corrected chi connectivity index (χ1v) is 11.2. The van der Waals surface area contributed by atoms with Crippen molar-refractivity contribution in [3.8, 4) is 0 Å². The van der Waals surface area contributed by atoms with Gasteiger partial charge in [-0.15, -0.1) is 0 Å². The summed E-state index contributed by atoms with van der Waals surface area (Å²) in [7, 11) is 1.29. The average molecular weight is 475 g/mol. The van der Waals surface area contributed by atoms with Gasteiger partial charge in [0.2, 0.25) is 0 Å². The molecule has 0 atom stereocenters. The van der Waals surface area contributed by atoms with Crippen LogP contribution in [0.4, 0.5) is 17.1 Å². The first kappa shape index (κ1) is 23.9. The number of nitrogens with one attached hydrogen (secondary N) is 1. The fourth-order valence-corrected chi connectivity index (χ4v) is 4.16. The number of anilines is 2. The SMILES string of the molecule is COC(=O)c1ccc(N2CCN(Cc3ccccc3)CC2)c(NC(=O)c2ccccc2[N+](=O)[O-])c1. The molecule has 9 heteroatoms. The Balaban J connectivity index is 1.56. The quantitative estimate of drug-likeness (QED) is 0.314. The minimum atomic E-state index is -0.622. The van der Waals surface area contributed by atoms with Crippen LogP contribution >= 0.6 is 0 Å². The lowest BCUT2D eigenvalue weighted by atomic mass is 10.1. The highest BCUT2D eigenvalue weighted by atomic mass is 16.6. The molecule has 0 saturated carbocycles. The number of nitro groups is 1. The van der Waals surface area contributed by atoms with Crippen LogP contribution in [0.2, 0.25) is 0 Å². The largest absolute Gasteiger partial charge is 0.465 e. The lowest BCUT2D eigenvalue weighted by Gasteiger charge is -2.37. The molecule has 0 aromatic heterocycles. The van der Waals surface area contributed by atoms with E-state index in [4.69, 9.17) is 4.74 Å². The number of hydrogen-bond acceptors (Lipinski definition) is 7. The number of piperazine rings is 1. The molecule has 1 amide bonds. The van der Waals surface area contributed by atoms with Crippen LogP contribution in [0, 0.1) is 10.1 Å². The van der Waals surface area contributed by atoms with E-state index in [0.29, 0.717) is 5.69 Å². The van der Waals surface area contributed by atoms with Crippen LogP contribution in [0.5, 0.6) is 0 Å². The van der Waals surface area contributed by atoms with Crippen LogP contribution in [0.1, 0.15) is 26.3 Å². The monoisotopic (exact) mass is 474 g/mol. The molecule has 0 radical (unpaired) electrons. The predicted molar refractivity (Wildman–Crippen MR) is 133 cm³/mol. The fourth-order valence-electron chi connectivity index (χ4n) is 4.16. The predicted octanol–water partition coefficient (Wildman–Crippen LogP) is 3.96. The number of amides is 1. The Hall–Kier alpha value is -4.24. The molecule has 1 fully saturated rings. The molecule has 9 nitrogen and oxygen atoms in total. The second-order valence-corrected chi connectivity index (χ2v) is 8.20. The van der Waals surface area contributed by atoms with E-state index in [2.05, 4.69) is 27.2 Å².